The molecular weight excluding hydrogens is 230 g/mol. The Hall–Kier alpha value is -1.63. The average Bonchev–Trinajstić information content (AvgIpc) is 2.39. The summed E-state index contributed by atoms with van der Waals surface area (Å²) in [6.07, 6.45) is 1.88. The molecule has 1 heterocycles. The molecule has 2 aromatic rings. The number of hydrogen-bond acceptors (Lipinski definition) is 1. The maximum absolute atomic E-state index is 4.58. The van der Waals surface area contributed by atoms with E-state index in [-0.39, 0.29) is 5.41 Å². The van der Waals surface area contributed by atoms with Gasteiger partial charge in [0.05, 0.1) is 5.69 Å². The molecule has 19 heavy (non-hydrogen) atoms. The van der Waals surface area contributed by atoms with Crippen molar-refractivity contribution < 1.29 is 0 Å². The Kier molecular flexibility index (Phi) is 3.75. The van der Waals surface area contributed by atoms with E-state index >= 15 is 0 Å². The zero-order chi connectivity index (χ0) is 14.0. The van der Waals surface area contributed by atoms with E-state index in [0.29, 0.717) is 5.92 Å². The Balaban J connectivity index is 2.64. The molecule has 0 aliphatic heterocycles. The zero-order valence-corrected chi connectivity index (χ0v) is 12.6. The van der Waals surface area contributed by atoms with Crippen molar-refractivity contribution in [2.75, 3.05) is 0 Å². The topological polar surface area (TPSA) is 12.9 Å². The van der Waals surface area contributed by atoms with Crippen molar-refractivity contribution in [3.63, 3.8) is 0 Å². The molecule has 0 aliphatic carbocycles. The lowest BCUT2D eigenvalue weighted by atomic mass is 9.73. The van der Waals surface area contributed by atoms with Crippen LogP contribution in [0.5, 0.6) is 0 Å². The third kappa shape index (κ3) is 2.56. The number of pyridine rings is 1. The molecule has 0 unspecified atom stereocenters. The molecule has 2 rings (SSSR count). The van der Waals surface area contributed by atoms with Crippen molar-refractivity contribution >= 4 is 0 Å². The van der Waals surface area contributed by atoms with Crippen LogP contribution in [-0.2, 0) is 5.41 Å². The van der Waals surface area contributed by atoms with Gasteiger partial charge in [-0.05, 0) is 35.4 Å². The van der Waals surface area contributed by atoms with Crippen LogP contribution in [0, 0.1) is 12.8 Å². The summed E-state index contributed by atoms with van der Waals surface area (Å²) in [5.41, 5.74) is 5.12. The molecule has 0 amide bonds. The van der Waals surface area contributed by atoms with Gasteiger partial charge in [0.25, 0.3) is 0 Å². The number of nitrogens with zero attached hydrogens (tertiary/aromatic N) is 1. The number of aromatic nitrogens is 1. The Bertz CT molecular complexity index is 567. The maximum atomic E-state index is 4.58. The lowest BCUT2D eigenvalue weighted by Crippen LogP contribution is -2.25. The Labute approximate surface area is 116 Å². The minimum atomic E-state index is 0.139. The van der Waals surface area contributed by atoms with E-state index < -0.39 is 0 Å². The second-order valence-electron chi connectivity index (χ2n) is 6.09. The molecule has 0 spiro atoms. The van der Waals surface area contributed by atoms with Gasteiger partial charge >= 0.3 is 0 Å². The lowest BCUT2D eigenvalue weighted by molar-refractivity contribution is 0.373. The largest absolute Gasteiger partial charge is 0.256 e. The summed E-state index contributed by atoms with van der Waals surface area (Å²) in [7, 11) is 0. The van der Waals surface area contributed by atoms with Crippen LogP contribution in [0.3, 0.4) is 0 Å². The smallest absolute Gasteiger partial charge is 0.0734 e. The molecule has 0 aliphatic rings. The third-order valence-corrected chi connectivity index (χ3v) is 4.33. The monoisotopic (exact) mass is 253 g/mol. The van der Waals surface area contributed by atoms with Crippen LogP contribution in [0.2, 0.25) is 0 Å². The highest BCUT2D eigenvalue weighted by molar-refractivity contribution is 5.68. The van der Waals surface area contributed by atoms with Crippen LogP contribution in [-0.4, -0.2) is 4.98 Å². The molecule has 0 radical (unpaired) electrons. The first-order chi connectivity index (χ1) is 8.94. The lowest BCUT2D eigenvalue weighted by Gasteiger charge is -2.32. The predicted octanol–water partition coefficient (Wildman–Crippen LogP) is 4.99. The molecule has 0 fully saturated rings. The van der Waals surface area contributed by atoms with E-state index in [2.05, 4.69) is 69.9 Å². The molecule has 0 saturated carbocycles. The Morgan fingerprint density at radius 1 is 1.00 bits per heavy atom. The van der Waals surface area contributed by atoms with Crippen molar-refractivity contribution in [2.24, 2.45) is 5.92 Å². The fraction of sp³-hybridized carbons (Fsp3) is 0.389. The molecule has 0 bridgehead atoms. The van der Waals surface area contributed by atoms with E-state index in [1.807, 2.05) is 12.3 Å². The van der Waals surface area contributed by atoms with Crippen molar-refractivity contribution in [3.05, 3.63) is 53.7 Å². The molecule has 100 valence electrons. The summed E-state index contributed by atoms with van der Waals surface area (Å²) in [6.45, 7) is 11.3. The predicted molar refractivity (Wildman–Crippen MR) is 82.3 cm³/mol. The zero-order valence-electron chi connectivity index (χ0n) is 12.6. The first-order valence-electron chi connectivity index (χ1n) is 6.96. The van der Waals surface area contributed by atoms with Gasteiger partial charge < -0.3 is 0 Å². The first kappa shape index (κ1) is 13.8. The molecule has 0 saturated heterocycles. The summed E-state index contributed by atoms with van der Waals surface area (Å²) in [5.74, 6) is 0.581. The number of aryl methyl sites for hydroxylation is 1. The van der Waals surface area contributed by atoms with Gasteiger partial charge in [0.15, 0.2) is 0 Å². The summed E-state index contributed by atoms with van der Waals surface area (Å²) in [4.78, 5) is 4.58. The van der Waals surface area contributed by atoms with Gasteiger partial charge in [-0.15, -0.1) is 0 Å². The highest BCUT2D eigenvalue weighted by atomic mass is 14.7. The van der Waals surface area contributed by atoms with Gasteiger partial charge in [0.2, 0.25) is 0 Å². The quantitative estimate of drug-likeness (QED) is 0.751. The molecule has 0 atom stereocenters. The van der Waals surface area contributed by atoms with Crippen LogP contribution in [0.25, 0.3) is 11.3 Å². The van der Waals surface area contributed by atoms with Crippen LogP contribution in [0.4, 0.5) is 0 Å². The molecule has 1 aromatic heterocycles. The average molecular weight is 253 g/mol. The Morgan fingerprint density at radius 2 is 1.68 bits per heavy atom. The summed E-state index contributed by atoms with van der Waals surface area (Å²) in [5, 5.41) is 0. The summed E-state index contributed by atoms with van der Waals surface area (Å²) < 4.78 is 0. The fourth-order valence-electron chi connectivity index (χ4n) is 2.33. The van der Waals surface area contributed by atoms with Gasteiger partial charge in [0.1, 0.15) is 0 Å². The van der Waals surface area contributed by atoms with Gasteiger partial charge in [-0.3, -0.25) is 4.98 Å². The molecule has 0 N–H and O–H groups in total. The van der Waals surface area contributed by atoms with E-state index in [1.165, 1.54) is 16.7 Å². The number of hydrogen-bond donors (Lipinski definition) is 0. The summed E-state index contributed by atoms with van der Waals surface area (Å²) >= 11 is 0. The van der Waals surface area contributed by atoms with Crippen LogP contribution in [0.1, 0.15) is 38.8 Å². The highest BCUT2D eigenvalue weighted by Crippen LogP contribution is 2.37. The van der Waals surface area contributed by atoms with E-state index in [9.17, 15) is 0 Å². The number of benzene rings is 1. The van der Waals surface area contributed by atoms with Gasteiger partial charge in [-0.25, -0.2) is 0 Å². The second kappa shape index (κ2) is 5.16. The standard InChI is InChI=1S/C18H23N/c1-13(2)18(4,5)16-11-7-6-10-15(16)17-14(3)9-8-12-19-17/h6-13H,1-5H3. The maximum Gasteiger partial charge on any atom is 0.0734 e. The Morgan fingerprint density at radius 3 is 2.32 bits per heavy atom. The molecule has 1 nitrogen and oxygen atoms in total. The third-order valence-electron chi connectivity index (χ3n) is 4.33. The molecule has 1 aromatic carbocycles. The molecular formula is C18H23N. The minimum Gasteiger partial charge on any atom is -0.256 e. The minimum absolute atomic E-state index is 0.139. The van der Waals surface area contributed by atoms with E-state index in [0.717, 1.165) is 5.69 Å². The van der Waals surface area contributed by atoms with Crippen LogP contribution >= 0.6 is 0 Å². The van der Waals surface area contributed by atoms with Gasteiger partial charge in [-0.2, -0.15) is 0 Å². The van der Waals surface area contributed by atoms with Crippen molar-refractivity contribution in [2.45, 2.75) is 40.0 Å². The first-order valence-corrected chi connectivity index (χ1v) is 6.96. The number of rotatable bonds is 3. The summed E-state index contributed by atoms with van der Waals surface area (Å²) in [6, 6.07) is 12.8. The van der Waals surface area contributed by atoms with Crippen molar-refractivity contribution in [1.29, 1.82) is 0 Å². The van der Waals surface area contributed by atoms with Crippen LogP contribution in [0.15, 0.2) is 42.6 Å². The van der Waals surface area contributed by atoms with Gasteiger partial charge in [0, 0.05) is 11.8 Å². The SMILES string of the molecule is Cc1cccnc1-c1ccccc1C(C)(C)C(C)C. The van der Waals surface area contributed by atoms with Crippen molar-refractivity contribution in [3.8, 4) is 11.3 Å². The highest BCUT2D eigenvalue weighted by Gasteiger charge is 2.27. The fourth-order valence-corrected chi connectivity index (χ4v) is 2.33. The van der Waals surface area contributed by atoms with E-state index in [4.69, 9.17) is 0 Å². The van der Waals surface area contributed by atoms with E-state index in [1.54, 1.807) is 0 Å². The normalized spacial score (nSPS) is 11.9. The van der Waals surface area contributed by atoms with Crippen molar-refractivity contribution in [1.82, 2.24) is 4.98 Å². The van der Waals surface area contributed by atoms with Gasteiger partial charge in [-0.1, -0.05) is 58.0 Å². The second-order valence-corrected chi connectivity index (χ2v) is 6.09. The molecule has 1 heteroatoms. The van der Waals surface area contributed by atoms with Crippen LogP contribution < -0.4 is 0 Å².